The van der Waals surface area contributed by atoms with Crippen molar-refractivity contribution in [3.8, 4) is 0 Å². The summed E-state index contributed by atoms with van der Waals surface area (Å²) in [7, 11) is 1.82. The molecule has 0 radical (unpaired) electrons. The van der Waals surface area contributed by atoms with Crippen LogP contribution >= 0.6 is 0 Å². The fourth-order valence-electron chi connectivity index (χ4n) is 0.702. The molecule has 0 aromatic heterocycles. The van der Waals surface area contributed by atoms with Crippen molar-refractivity contribution in [2.24, 2.45) is 5.92 Å². The minimum absolute atomic E-state index is 0.191. The number of carbonyl (C=O) groups excluding carboxylic acids is 1. The van der Waals surface area contributed by atoms with Crippen molar-refractivity contribution >= 4 is 5.91 Å². The SMILES string of the molecule is CC(C)C.CN1CCNCC1=O. The lowest BCUT2D eigenvalue weighted by atomic mass is 10.3. The minimum atomic E-state index is 0.191. The Kier molecular flexibility index (Phi) is 5.72. The highest BCUT2D eigenvalue weighted by molar-refractivity contribution is 5.78. The topological polar surface area (TPSA) is 32.3 Å². The molecule has 0 bridgehead atoms. The molecule has 1 aliphatic heterocycles. The molecule has 1 fully saturated rings. The Bertz CT molecular complexity index is 132. The van der Waals surface area contributed by atoms with E-state index in [1.165, 1.54) is 0 Å². The van der Waals surface area contributed by atoms with Crippen molar-refractivity contribution in [2.75, 3.05) is 26.7 Å². The molecule has 1 heterocycles. The molecule has 3 nitrogen and oxygen atoms in total. The first-order chi connectivity index (χ1) is 5.54. The number of likely N-dealkylation sites (N-methyl/N-ethyl adjacent to an activating group) is 1. The van der Waals surface area contributed by atoms with Crippen LogP contribution in [0.4, 0.5) is 0 Å². The van der Waals surface area contributed by atoms with Gasteiger partial charge in [-0.2, -0.15) is 0 Å². The van der Waals surface area contributed by atoms with Gasteiger partial charge < -0.3 is 10.2 Å². The molecule has 12 heavy (non-hydrogen) atoms. The van der Waals surface area contributed by atoms with Gasteiger partial charge in [0.25, 0.3) is 0 Å². The lowest BCUT2D eigenvalue weighted by Gasteiger charge is -2.22. The molecule has 0 unspecified atom stereocenters. The second-order valence-corrected chi connectivity index (χ2v) is 3.72. The lowest BCUT2D eigenvalue weighted by Crippen LogP contribution is -2.45. The quantitative estimate of drug-likeness (QED) is 0.583. The van der Waals surface area contributed by atoms with Gasteiger partial charge in [-0.1, -0.05) is 20.8 Å². The van der Waals surface area contributed by atoms with Crippen molar-refractivity contribution in [2.45, 2.75) is 20.8 Å². The number of hydrogen-bond donors (Lipinski definition) is 1. The Balaban J connectivity index is 0.000000261. The summed E-state index contributed by atoms with van der Waals surface area (Å²) in [6, 6.07) is 0. The summed E-state index contributed by atoms with van der Waals surface area (Å²) < 4.78 is 0. The molecule has 1 N–H and O–H groups in total. The first kappa shape index (κ1) is 11.4. The minimum Gasteiger partial charge on any atom is -0.343 e. The van der Waals surface area contributed by atoms with Crippen molar-refractivity contribution < 1.29 is 4.79 Å². The lowest BCUT2D eigenvalue weighted by molar-refractivity contribution is -0.130. The van der Waals surface area contributed by atoms with Crippen LogP contribution in [0.15, 0.2) is 0 Å². The summed E-state index contributed by atoms with van der Waals surface area (Å²) >= 11 is 0. The maximum Gasteiger partial charge on any atom is 0.236 e. The van der Waals surface area contributed by atoms with E-state index in [-0.39, 0.29) is 5.91 Å². The smallest absolute Gasteiger partial charge is 0.236 e. The van der Waals surface area contributed by atoms with E-state index in [4.69, 9.17) is 0 Å². The van der Waals surface area contributed by atoms with Gasteiger partial charge in [-0.25, -0.2) is 0 Å². The fourth-order valence-corrected chi connectivity index (χ4v) is 0.702. The maximum absolute atomic E-state index is 10.7. The summed E-state index contributed by atoms with van der Waals surface area (Å²) in [5, 5.41) is 2.97. The number of rotatable bonds is 0. The van der Waals surface area contributed by atoms with E-state index in [2.05, 4.69) is 26.1 Å². The van der Waals surface area contributed by atoms with Crippen LogP contribution in [0.5, 0.6) is 0 Å². The zero-order chi connectivity index (χ0) is 9.56. The van der Waals surface area contributed by atoms with Crippen molar-refractivity contribution in [1.82, 2.24) is 10.2 Å². The van der Waals surface area contributed by atoms with Crippen molar-refractivity contribution in [3.63, 3.8) is 0 Å². The van der Waals surface area contributed by atoms with E-state index in [0.29, 0.717) is 6.54 Å². The normalized spacial score (nSPS) is 17.4. The third-order valence-corrected chi connectivity index (χ3v) is 1.33. The predicted molar refractivity (Wildman–Crippen MR) is 51.0 cm³/mol. The van der Waals surface area contributed by atoms with Gasteiger partial charge in [0.15, 0.2) is 0 Å². The highest BCUT2D eigenvalue weighted by Gasteiger charge is 2.11. The Morgan fingerprint density at radius 2 is 1.92 bits per heavy atom. The summed E-state index contributed by atoms with van der Waals surface area (Å²) in [4.78, 5) is 12.4. The van der Waals surface area contributed by atoms with Crippen LogP contribution in [0.2, 0.25) is 0 Å². The summed E-state index contributed by atoms with van der Waals surface area (Å²) in [6.07, 6.45) is 0. The van der Waals surface area contributed by atoms with E-state index in [1.807, 2.05) is 7.05 Å². The number of nitrogens with zero attached hydrogens (tertiary/aromatic N) is 1. The molecule has 0 aromatic rings. The van der Waals surface area contributed by atoms with Crippen LogP contribution in [0.1, 0.15) is 20.8 Å². The van der Waals surface area contributed by atoms with Gasteiger partial charge in [-0.15, -0.1) is 0 Å². The number of amides is 1. The second-order valence-electron chi connectivity index (χ2n) is 3.72. The first-order valence-corrected chi connectivity index (χ1v) is 4.48. The molecule has 0 atom stereocenters. The Hall–Kier alpha value is -0.570. The van der Waals surface area contributed by atoms with Gasteiger partial charge >= 0.3 is 0 Å². The standard InChI is InChI=1S/C5H10N2O.C4H10/c1-7-3-2-6-4-5(7)8;1-4(2)3/h6H,2-4H2,1H3;4H,1-3H3. The average molecular weight is 172 g/mol. The van der Waals surface area contributed by atoms with Crippen LogP contribution in [-0.2, 0) is 4.79 Å². The van der Waals surface area contributed by atoms with Crippen LogP contribution in [0, 0.1) is 5.92 Å². The first-order valence-electron chi connectivity index (χ1n) is 4.48. The number of nitrogens with one attached hydrogen (secondary N) is 1. The van der Waals surface area contributed by atoms with Gasteiger partial charge in [-0.3, -0.25) is 4.79 Å². The van der Waals surface area contributed by atoms with Gasteiger partial charge in [0.1, 0.15) is 0 Å². The van der Waals surface area contributed by atoms with E-state index in [9.17, 15) is 4.79 Å². The van der Waals surface area contributed by atoms with E-state index in [0.717, 1.165) is 19.0 Å². The molecular weight excluding hydrogens is 152 g/mol. The molecule has 1 rings (SSSR count). The molecule has 72 valence electrons. The molecule has 0 aliphatic carbocycles. The number of carbonyl (C=O) groups is 1. The third kappa shape index (κ3) is 6.16. The average Bonchev–Trinajstić information content (AvgIpc) is 1.94. The maximum atomic E-state index is 10.7. The van der Waals surface area contributed by atoms with Crippen molar-refractivity contribution in [3.05, 3.63) is 0 Å². The Morgan fingerprint density at radius 1 is 1.42 bits per heavy atom. The second kappa shape index (κ2) is 6.00. The van der Waals surface area contributed by atoms with Crippen LogP contribution in [0.25, 0.3) is 0 Å². The van der Waals surface area contributed by atoms with Gasteiger partial charge in [0.2, 0.25) is 5.91 Å². The Morgan fingerprint density at radius 3 is 2.17 bits per heavy atom. The highest BCUT2D eigenvalue weighted by Crippen LogP contribution is 1.86. The largest absolute Gasteiger partial charge is 0.343 e. The van der Waals surface area contributed by atoms with Gasteiger partial charge in [0.05, 0.1) is 6.54 Å². The number of piperazine rings is 1. The summed E-state index contributed by atoms with van der Waals surface area (Å²) in [5.74, 6) is 1.02. The summed E-state index contributed by atoms with van der Waals surface area (Å²) in [5.41, 5.74) is 0. The molecule has 0 aromatic carbocycles. The zero-order valence-corrected chi connectivity index (χ0v) is 8.55. The fraction of sp³-hybridized carbons (Fsp3) is 0.889. The molecule has 0 spiro atoms. The molecule has 1 aliphatic rings. The highest BCUT2D eigenvalue weighted by atomic mass is 16.2. The number of hydrogen-bond acceptors (Lipinski definition) is 2. The predicted octanol–water partition coefficient (Wildman–Crippen LogP) is 0.710. The summed E-state index contributed by atoms with van der Waals surface area (Å²) in [6.45, 7) is 8.79. The van der Waals surface area contributed by atoms with Gasteiger partial charge in [0, 0.05) is 20.1 Å². The van der Waals surface area contributed by atoms with Crippen LogP contribution in [0.3, 0.4) is 0 Å². The molecule has 0 saturated carbocycles. The molecule has 1 saturated heterocycles. The van der Waals surface area contributed by atoms with Crippen molar-refractivity contribution in [1.29, 1.82) is 0 Å². The molecule has 1 amide bonds. The van der Waals surface area contributed by atoms with Crippen LogP contribution in [-0.4, -0.2) is 37.5 Å². The molecular formula is C9H20N2O. The van der Waals surface area contributed by atoms with Crippen LogP contribution < -0.4 is 5.32 Å². The van der Waals surface area contributed by atoms with E-state index in [1.54, 1.807) is 4.90 Å². The Labute approximate surface area is 75.1 Å². The monoisotopic (exact) mass is 172 g/mol. The van der Waals surface area contributed by atoms with E-state index >= 15 is 0 Å². The van der Waals surface area contributed by atoms with Gasteiger partial charge in [-0.05, 0) is 5.92 Å². The third-order valence-electron chi connectivity index (χ3n) is 1.33. The zero-order valence-electron chi connectivity index (χ0n) is 8.55. The van der Waals surface area contributed by atoms with E-state index < -0.39 is 0 Å². The molecule has 3 heteroatoms.